The summed E-state index contributed by atoms with van der Waals surface area (Å²) in [5.74, 6) is -0.636. The van der Waals surface area contributed by atoms with E-state index in [-0.39, 0.29) is 6.54 Å². The second kappa shape index (κ2) is 5.91. The second-order valence-electron chi connectivity index (χ2n) is 4.03. The van der Waals surface area contributed by atoms with E-state index in [0.29, 0.717) is 31.3 Å². The van der Waals surface area contributed by atoms with E-state index in [0.717, 1.165) is 0 Å². The van der Waals surface area contributed by atoms with Crippen molar-refractivity contribution in [2.24, 2.45) is 5.73 Å². The smallest absolute Gasteiger partial charge is 0.267 e. The Hall–Kier alpha value is -0.480. The first-order valence-electron chi connectivity index (χ1n) is 5.18. The van der Waals surface area contributed by atoms with E-state index in [1.54, 1.807) is 0 Å². The molecular formula is C8H17N3O4S2. The Balaban J connectivity index is 2.33. The zero-order valence-corrected chi connectivity index (χ0v) is 11.0. The summed E-state index contributed by atoms with van der Waals surface area (Å²) >= 11 is 4.84. The largest absolute Gasteiger partial charge is 0.391 e. The van der Waals surface area contributed by atoms with Crippen molar-refractivity contribution in [1.29, 1.82) is 0 Å². The lowest BCUT2D eigenvalue weighted by Crippen LogP contribution is -2.52. The van der Waals surface area contributed by atoms with Gasteiger partial charge in [-0.25, -0.2) is 0 Å². The van der Waals surface area contributed by atoms with Crippen LogP contribution in [0.4, 0.5) is 0 Å². The quantitative estimate of drug-likeness (QED) is 0.405. The van der Waals surface area contributed by atoms with E-state index in [1.165, 1.54) is 0 Å². The Kier molecular flexibility index (Phi) is 5.07. The number of nitrogens with two attached hydrogens (primary N) is 1. The van der Waals surface area contributed by atoms with Crippen LogP contribution in [0.3, 0.4) is 0 Å². The molecule has 0 saturated carbocycles. The lowest BCUT2D eigenvalue weighted by atomic mass is 10.3. The molecule has 4 N–H and O–H groups in total. The minimum atomic E-state index is -4.13. The highest BCUT2D eigenvalue weighted by molar-refractivity contribution is 7.85. The van der Waals surface area contributed by atoms with Gasteiger partial charge in [0.25, 0.3) is 10.1 Å². The van der Waals surface area contributed by atoms with E-state index in [9.17, 15) is 13.5 Å². The summed E-state index contributed by atoms with van der Waals surface area (Å²) in [6, 6.07) is 0. The van der Waals surface area contributed by atoms with Crippen molar-refractivity contribution < 1.29 is 18.1 Å². The maximum Gasteiger partial charge on any atom is 0.267 e. The Morgan fingerprint density at radius 3 is 2.29 bits per heavy atom. The summed E-state index contributed by atoms with van der Waals surface area (Å²) in [7, 11) is -4.13. The van der Waals surface area contributed by atoms with Crippen molar-refractivity contribution in [3.8, 4) is 0 Å². The minimum Gasteiger partial charge on any atom is -0.391 e. The third kappa shape index (κ3) is 5.59. The number of aliphatic hydroxyl groups excluding tert-OH is 1. The number of hydrogen-bond donors (Lipinski definition) is 3. The Morgan fingerprint density at radius 1 is 1.35 bits per heavy atom. The molecule has 0 spiro atoms. The number of β-amino-alcohol motifs (C(OH)–C–C–N with tert-alkyl or cyclic N) is 1. The summed E-state index contributed by atoms with van der Waals surface area (Å²) in [5.41, 5.74) is 5.47. The molecule has 1 rings (SSSR count). The molecule has 1 aliphatic rings. The van der Waals surface area contributed by atoms with Crippen molar-refractivity contribution in [3.05, 3.63) is 0 Å². The van der Waals surface area contributed by atoms with E-state index < -0.39 is 22.0 Å². The van der Waals surface area contributed by atoms with Crippen LogP contribution in [0.1, 0.15) is 0 Å². The van der Waals surface area contributed by atoms with Gasteiger partial charge in [-0.1, -0.05) is 0 Å². The van der Waals surface area contributed by atoms with Crippen LogP contribution in [0, 0.1) is 0 Å². The maximum atomic E-state index is 10.6. The standard InChI is InChI=1S/C8H17N3O4S2/c9-8(16)11-3-1-10(2-4-11)5-7(12)6-17(13,14)15/h7,12H,1-6H2,(H2,9,16)(H,13,14,15). The molecule has 0 bridgehead atoms. The molecular weight excluding hydrogens is 266 g/mol. The normalized spacial score (nSPS) is 20.2. The van der Waals surface area contributed by atoms with Crippen LogP contribution in [0.15, 0.2) is 0 Å². The zero-order chi connectivity index (χ0) is 13.1. The molecule has 1 atom stereocenters. The minimum absolute atomic E-state index is 0.213. The van der Waals surface area contributed by atoms with E-state index in [2.05, 4.69) is 0 Å². The molecule has 1 unspecified atom stereocenters. The van der Waals surface area contributed by atoms with Crippen LogP contribution in [-0.4, -0.2) is 77.6 Å². The fraction of sp³-hybridized carbons (Fsp3) is 0.875. The summed E-state index contributed by atoms with van der Waals surface area (Å²) in [6.07, 6.45) is -1.08. The number of nitrogens with zero attached hydrogens (tertiary/aromatic N) is 2. The number of piperazine rings is 1. The molecule has 0 aromatic heterocycles. The molecule has 0 amide bonds. The second-order valence-corrected chi connectivity index (χ2v) is 5.94. The van der Waals surface area contributed by atoms with E-state index in [4.69, 9.17) is 22.5 Å². The van der Waals surface area contributed by atoms with E-state index >= 15 is 0 Å². The van der Waals surface area contributed by atoms with Crippen LogP contribution in [0.2, 0.25) is 0 Å². The van der Waals surface area contributed by atoms with Crippen LogP contribution in [0.25, 0.3) is 0 Å². The summed E-state index contributed by atoms with van der Waals surface area (Å²) in [6.45, 7) is 2.84. The van der Waals surface area contributed by atoms with Gasteiger partial charge >= 0.3 is 0 Å². The third-order valence-electron chi connectivity index (χ3n) is 2.56. The average molecular weight is 283 g/mol. The van der Waals surface area contributed by atoms with Crippen molar-refractivity contribution in [3.63, 3.8) is 0 Å². The average Bonchev–Trinajstić information content (AvgIpc) is 2.15. The molecule has 0 aliphatic carbocycles. The van der Waals surface area contributed by atoms with E-state index in [1.807, 2.05) is 9.80 Å². The van der Waals surface area contributed by atoms with Gasteiger partial charge in [0.05, 0.1) is 6.10 Å². The Morgan fingerprint density at radius 2 is 1.88 bits per heavy atom. The fourth-order valence-corrected chi connectivity index (χ4v) is 2.52. The van der Waals surface area contributed by atoms with Gasteiger partial charge in [-0.2, -0.15) is 8.42 Å². The summed E-state index contributed by atoms with van der Waals surface area (Å²) < 4.78 is 29.7. The highest BCUT2D eigenvalue weighted by atomic mass is 32.2. The molecule has 1 heterocycles. The predicted molar refractivity (Wildman–Crippen MR) is 67.2 cm³/mol. The highest BCUT2D eigenvalue weighted by Gasteiger charge is 2.21. The molecule has 0 aromatic carbocycles. The van der Waals surface area contributed by atoms with Crippen molar-refractivity contribution in [2.75, 3.05) is 38.5 Å². The molecule has 9 heteroatoms. The molecule has 100 valence electrons. The monoisotopic (exact) mass is 283 g/mol. The van der Waals surface area contributed by atoms with Gasteiger partial charge in [0.15, 0.2) is 5.11 Å². The third-order valence-corrected chi connectivity index (χ3v) is 3.62. The molecule has 1 saturated heterocycles. The molecule has 7 nitrogen and oxygen atoms in total. The van der Waals surface area contributed by atoms with Gasteiger partial charge in [0.1, 0.15) is 5.75 Å². The van der Waals surface area contributed by atoms with Gasteiger partial charge in [-0.3, -0.25) is 9.45 Å². The molecule has 1 aliphatic heterocycles. The van der Waals surface area contributed by atoms with Crippen molar-refractivity contribution >= 4 is 27.4 Å². The highest BCUT2D eigenvalue weighted by Crippen LogP contribution is 2.03. The molecule has 17 heavy (non-hydrogen) atoms. The number of hydrogen-bond acceptors (Lipinski definition) is 5. The topological polar surface area (TPSA) is 107 Å². The van der Waals surface area contributed by atoms with Crippen LogP contribution in [0.5, 0.6) is 0 Å². The fourth-order valence-electron chi connectivity index (χ4n) is 1.74. The van der Waals surface area contributed by atoms with Gasteiger partial charge in [-0.05, 0) is 12.2 Å². The van der Waals surface area contributed by atoms with Crippen LogP contribution in [-0.2, 0) is 10.1 Å². The first kappa shape index (κ1) is 14.6. The van der Waals surface area contributed by atoms with Gasteiger partial charge in [0, 0.05) is 32.7 Å². The first-order chi connectivity index (χ1) is 7.78. The Bertz CT molecular complexity index is 365. The summed E-state index contributed by atoms with van der Waals surface area (Å²) in [5, 5.41) is 9.82. The van der Waals surface area contributed by atoms with Gasteiger partial charge in [0.2, 0.25) is 0 Å². The Labute approximate surface area is 106 Å². The SMILES string of the molecule is NC(=S)N1CCN(CC(O)CS(=O)(=O)O)CC1. The zero-order valence-electron chi connectivity index (χ0n) is 9.32. The van der Waals surface area contributed by atoms with Crippen molar-refractivity contribution in [1.82, 2.24) is 9.80 Å². The molecule has 0 radical (unpaired) electrons. The molecule has 1 fully saturated rings. The van der Waals surface area contributed by atoms with Gasteiger partial charge in [-0.15, -0.1) is 0 Å². The van der Waals surface area contributed by atoms with Crippen molar-refractivity contribution in [2.45, 2.75) is 6.10 Å². The predicted octanol–water partition coefficient (Wildman–Crippen LogP) is -1.90. The first-order valence-corrected chi connectivity index (χ1v) is 7.19. The number of rotatable bonds is 4. The lowest BCUT2D eigenvalue weighted by Gasteiger charge is -2.35. The van der Waals surface area contributed by atoms with Gasteiger partial charge < -0.3 is 15.7 Å². The maximum absolute atomic E-state index is 10.6. The van der Waals surface area contributed by atoms with Crippen LogP contribution >= 0.6 is 12.2 Å². The van der Waals surface area contributed by atoms with Crippen LogP contribution < -0.4 is 5.73 Å². The summed E-state index contributed by atoms with van der Waals surface area (Å²) in [4.78, 5) is 3.76. The lowest BCUT2D eigenvalue weighted by molar-refractivity contribution is 0.101. The molecule has 0 aromatic rings. The number of aliphatic hydroxyl groups is 1. The number of thiocarbonyl (C=S) groups is 1.